The van der Waals surface area contributed by atoms with Crippen molar-refractivity contribution in [1.29, 1.82) is 0 Å². The van der Waals surface area contributed by atoms with E-state index in [9.17, 15) is 14.7 Å². The van der Waals surface area contributed by atoms with Crippen molar-refractivity contribution >= 4 is 23.3 Å². The SMILES string of the molecule is CCCCC(Sc1ccccc1)C(O)CC1=CC(=O)c2ccccc2C1=O. The van der Waals surface area contributed by atoms with E-state index in [1.54, 1.807) is 36.0 Å². The van der Waals surface area contributed by atoms with Gasteiger partial charge in [0.25, 0.3) is 0 Å². The molecule has 0 radical (unpaired) electrons. The van der Waals surface area contributed by atoms with Crippen LogP contribution in [-0.4, -0.2) is 28.0 Å². The minimum absolute atomic E-state index is 0.0201. The molecule has 1 aliphatic rings. The number of ketones is 2. The molecule has 0 saturated heterocycles. The Morgan fingerprint density at radius 1 is 0.963 bits per heavy atom. The van der Waals surface area contributed by atoms with Gasteiger partial charge in [-0.1, -0.05) is 62.2 Å². The Morgan fingerprint density at radius 2 is 1.63 bits per heavy atom. The molecule has 2 atom stereocenters. The van der Waals surface area contributed by atoms with Gasteiger partial charge in [-0.05, 0) is 24.6 Å². The summed E-state index contributed by atoms with van der Waals surface area (Å²) >= 11 is 1.64. The van der Waals surface area contributed by atoms with Gasteiger partial charge in [0, 0.05) is 33.3 Å². The average Bonchev–Trinajstić information content (AvgIpc) is 2.70. The number of unbranched alkanes of at least 4 members (excludes halogenated alkanes) is 1. The van der Waals surface area contributed by atoms with Gasteiger partial charge in [0.15, 0.2) is 11.6 Å². The second kappa shape index (κ2) is 9.16. The molecule has 0 saturated carbocycles. The molecule has 0 aromatic heterocycles. The molecule has 2 unspecified atom stereocenters. The number of carbonyl (C=O) groups is 2. The first-order valence-corrected chi connectivity index (χ1v) is 10.3. The van der Waals surface area contributed by atoms with Crippen molar-refractivity contribution in [2.45, 2.75) is 48.9 Å². The fourth-order valence-corrected chi connectivity index (χ4v) is 4.49. The van der Waals surface area contributed by atoms with E-state index in [0.717, 1.165) is 24.2 Å². The highest BCUT2D eigenvalue weighted by molar-refractivity contribution is 8.00. The monoisotopic (exact) mass is 380 g/mol. The molecule has 0 amide bonds. The van der Waals surface area contributed by atoms with Crippen molar-refractivity contribution in [1.82, 2.24) is 0 Å². The highest BCUT2D eigenvalue weighted by Gasteiger charge is 2.29. The molecule has 0 spiro atoms. The summed E-state index contributed by atoms with van der Waals surface area (Å²) in [4.78, 5) is 26.2. The van der Waals surface area contributed by atoms with Crippen LogP contribution in [0.3, 0.4) is 0 Å². The van der Waals surface area contributed by atoms with Crippen LogP contribution in [0.2, 0.25) is 0 Å². The molecule has 3 nitrogen and oxygen atoms in total. The maximum Gasteiger partial charge on any atom is 0.189 e. The number of rotatable bonds is 8. The lowest BCUT2D eigenvalue weighted by atomic mass is 9.86. The molecule has 0 fully saturated rings. The molecular formula is C23H24O3S. The number of fused-ring (bicyclic) bond motifs is 1. The second-order valence-corrected chi connectivity index (χ2v) is 8.10. The van der Waals surface area contributed by atoms with Gasteiger partial charge in [0.1, 0.15) is 0 Å². The standard InChI is InChI=1S/C23H24O3S/c1-2-3-13-22(27-17-9-5-4-6-10-17)21(25)15-16-14-20(24)18-11-7-8-12-19(18)23(16)26/h4-12,14,21-22,25H,2-3,13,15H2,1H3. The smallest absolute Gasteiger partial charge is 0.189 e. The number of aliphatic hydroxyl groups is 1. The first-order valence-electron chi connectivity index (χ1n) is 9.38. The largest absolute Gasteiger partial charge is 0.392 e. The van der Waals surface area contributed by atoms with Gasteiger partial charge >= 0.3 is 0 Å². The first-order chi connectivity index (χ1) is 13.1. The van der Waals surface area contributed by atoms with Crippen LogP contribution in [-0.2, 0) is 0 Å². The van der Waals surface area contributed by atoms with Crippen LogP contribution in [0.4, 0.5) is 0 Å². The molecule has 0 aliphatic heterocycles. The summed E-state index contributed by atoms with van der Waals surface area (Å²) < 4.78 is 0. The summed E-state index contributed by atoms with van der Waals surface area (Å²) in [6.07, 6.45) is 3.84. The Kier molecular flexibility index (Phi) is 6.64. The zero-order chi connectivity index (χ0) is 19.2. The van der Waals surface area contributed by atoms with E-state index in [1.165, 1.54) is 6.08 Å². The van der Waals surface area contributed by atoms with Crippen molar-refractivity contribution in [2.24, 2.45) is 0 Å². The number of Topliss-reactive ketones (excluding diaryl/α,β-unsaturated/α-hetero) is 1. The Hall–Kier alpha value is -2.17. The van der Waals surface area contributed by atoms with Gasteiger partial charge < -0.3 is 5.11 Å². The molecule has 4 heteroatoms. The molecular weight excluding hydrogens is 356 g/mol. The van der Waals surface area contributed by atoms with Gasteiger partial charge in [-0.2, -0.15) is 0 Å². The Labute approximate surface area is 164 Å². The lowest BCUT2D eigenvalue weighted by Gasteiger charge is -2.24. The topological polar surface area (TPSA) is 54.4 Å². The maximum atomic E-state index is 12.8. The van der Waals surface area contributed by atoms with Crippen LogP contribution >= 0.6 is 11.8 Å². The number of benzene rings is 2. The summed E-state index contributed by atoms with van der Waals surface area (Å²) in [7, 11) is 0. The zero-order valence-electron chi connectivity index (χ0n) is 15.4. The third kappa shape index (κ3) is 4.76. The predicted octanol–water partition coefficient (Wildman–Crippen LogP) is 5.09. The van der Waals surface area contributed by atoms with E-state index in [1.807, 2.05) is 30.3 Å². The molecule has 3 rings (SSSR count). The molecule has 2 aromatic rings. The quantitative estimate of drug-likeness (QED) is 0.648. The number of hydrogen-bond donors (Lipinski definition) is 1. The van der Waals surface area contributed by atoms with Crippen LogP contribution in [0.15, 0.2) is 71.1 Å². The van der Waals surface area contributed by atoms with E-state index >= 15 is 0 Å². The van der Waals surface area contributed by atoms with Crippen LogP contribution in [0.1, 0.15) is 53.3 Å². The summed E-state index contributed by atoms with van der Waals surface area (Å²) in [5.74, 6) is -0.309. The van der Waals surface area contributed by atoms with Crippen LogP contribution < -0.4 is 0 Å². The van der Waals surface area contributed by atoms with Crippen molar-refractivity contribution in [3.63, 3.8) is 0 Å². The van der Waals surface area contributed by atoms with Gasteiger partial charge in [-0.25, -0.2) is 0 Å². The second-order valence-electron chi connectivity index (χ2n) is 6.79. The number of aliphatic hydroxyl groups excluding tert-OH is 1. The summed E-state index contributed by atoms with van der Waals surface area (Å²) in [5, 5.41) is 10.9. The third-order valence-electron chi connectivity index (χ3n) is 4.77. The highest BCUT2D eigenvalue weighted by Crippen LogP contribution is 2.32. The molecule has 1 N–H and O–H groups in total. The summed E-state index contributed by atoms with van der Waals surface area (Å²) in [6, 6.07) is 16.9. The number of thioether (sulfide) groups is 1. The molecule has 0 heterocycles. The van der Waals surface area contributed by atoms with E-state index < -0.39 is 6.10 Å². The van der Waals surface area contributed by atoms with Crippen molar-refractivity contribution in [3.05, 3.63) is 77.4 Å². The van der Waals surface area contributed by atoms with Crippen LogP contribution in [0.5, 0.6) is 0 Å². The van der Waals surface area contributed by atoms with E-state index in [4.69, 9.17) is 0 Å². The number of carbonyl (C=O) groups excluding carboxylic acids is 2. The van der Waals surface area contributed by atoms with Gasteiger partial charge in [0.2, 0.25) is 0 Å². The normalized spacial score (nSPS) is 15.9. The molecule has 27 heavy (non-hydrogen) atoms. The predicted molar refractivity (Wildman–Crippen MR) is 109 cm³/mol. The first kappa shape index (κ1) is 19.6. The maximum absolute atomic E-state index is 12.8. The lowest BCUT2D eigenvalue weighted by molar-refractivity contribution is 0.0966. The number of hydrogen-bond acceptors (Lipinski definition) is 4. The van der Waals surface area contributed by atoms with Gasteiger partial charge in [-0.15, -0.1) is 11.8 Å². The molecule has 0 bridgehead atoms. The van der Waals surface area contributed by atoms with Crippen LogP contribution in [0.25, 0.3) is 0 Å². The van der Waals surface area contributed by atoms with Crippen molar-refractivity contribution < 1.29 is 14.7 Å². The van der Waals surface area contributed by atoms with E-state index in [-0.39, 0.29) is 23.2 Å². The van der Waals surface area contributed by atoms with E-state index in [2.05, 4.69) is 6.92 Å². The van der Waals surface area contributed by atoms with Gasteiger partial charge in [0.05, 0.1) is 6.10 Å². The van der Waals surface area contributed by atoms with Crippen LogP contribution in [0, 0.1) is 0 Å². The highest BCUT2D eigenvalue weighted by atomic mass is 32.2. The summed E-state index contributed by atoms with van der Waals surface area (Å²) in [5.41, 5.74) is 1.29. The van der Waals surface area contributed by atoms with E-state index in [0.29, 0.717) is 16.7 Å². The summed E-state index contributed by atoms with van der Waals surface area (Å²) in [6.45, 7) is 2.12. The fourth-order valence-electron chi connectivity index (χ4n) is 3.29. The molecule has 2 aromatic carbocycles. The van der Waals surface area contributed by atoms with Gasteiger partial charge in [-0.3, -0.25) is 9.59 Å². The number of allylic oxidation sites excluding steroid dienone is 1. The Balaban J connectivity index is 1.76. The molecule has 140 valence electrons. The third-order valence-corrected chi connectivity index (χ3v) is 6.16. The minimum atomic E-state index is -0.685. The average molecular weight is 381 g/mol. The lowest BCUT2D eigenvalue weighted by Crippen LogP contribution is -2.27. The van der Waals surface area contributed by atoms with Crippen molar-refractivity contribution in [3.8, 4) is 0 Å². The molecule has 1 aliphatic carbocycles. The van der Waals surface area contributed by atoms with Crippen molar-refractivity contribution in [2.75, 3.05) is 0 Å². The minimum Gasteiger partial charge on any atom is -0.392 e. The Morgan fingerprint density at radius 3 is 2.33 bits per heavy atom. The Bertz CT molecular complexity index is 842. The fraction of sp³-hybridized carbons (Fsp3) is 0.304. The zero-order valence-corrected chi connectivity index (χ0v) is 16.2.